The molecule has 0 bridgehead atoms. The summed E-state index contributed by atoms with van der Waals surface area (Å²) in [5, 5.41) is 14.1. The first-order valence-corrected chi connectivity index (χ1v) is 9.51. The minimum atomic E-state index is -0.919. The second-order valence-electron chi connectivity index (χ2n) is 8.03. The van der Waals surface area contributed by atoms with E-state index < -0.39 is 5.60 Å². The predicted molar refractivity (Wildman–Crippen MR) is 114 cm³/mol. The Bertz CT molecular complexity index is 1130. The average molecular weight is 355 g/mol. The van der Waals surface area contributed by atoms with Crippen molar-refractivity contribution in [2.45, 2.75) is 39.2 Å². The first-order chi connectivity index (χ1) is 12.9. The highest BCUT2D eigenvalue weighted by molar-refractivity contribution is 5.99. The highest BCUT2D eigenvalue weighted by Crippen LogP contribution is 2.36. The van der Waals surface area contributed by atoms with Crippen LogP contribution in [0.4, 0.5) is 0 Å². The van der Waals surface area contributed by atoms with E-state index in [2.05, 4.69) is 68.4 Å². The monoisotopic (exact) mass is 355 g/mol. The Morgan fingerprint density at radius 2 is 1.56 bits per heavy atom. The van der Waals surface area contributed by atoms with Gasteiger partial charge in [-0.05, 0) is 53.8 Å². The molecule has 136 valence electrons. The van der Waals surface area contributed by atoms with Gasteiger partial charge in [-0.2, -0.15) is 0 Å². The fourth-order valence-corrected chi connectivity index (χ4v) is 3.90. The number of nitrogens with zero attached hydrogens (tertiary/aromatic N) is 1. The van der Waals surface area contributed by atoms with Crippen molar-refractivity contribution in [3.05, 3.63) is 77.9 Å². The van der Waals surface area contributed by atoms with Crippen LogP contribution >= 0.6 is 0 Å². The molecule has 0 saturated heterocycles. The van der Waals surface area contributed by atoms with Crippen LogP contribution in [-0.2, 0) is 5.60 Å². The van der Waals surface area contributed by atoms with Gasteiger partial charge in [-0.15, -0.1) is 0 Å². The van der Waals surface area contributed by atoms with E-state index in [9.17, 15) is 5.11 Å². The molecule has 4 rings (SSSR count). The van der Waals surface area contributed by atoms with Gasteiger partial charge in [0.25, 0.3) is 0 Å². The molecule has 4 aromatic rings. The van der Waals surface area contributed by atoms with E-state index in [1.807, 2.05) is 26.0 Å². The summed E-state index contributed by atoms with van der Waals surface area (Å²) in [5.41, 5.74) is 4.33. The van der Waals surface area contributed by atoms with Crippen molar-refractivity contribution in [3.63, 3.8) is 0 Å². The van der Waals surface area contributed by atoms with Gasteiger partial charge in [-0.3, -0.25) is 0 Å². The fourth-order valence-electron chi connectivity index (χ4n) is 3.90. The van der Waals surface area contributed by atoms with Gasteiger partial charge in [0.15, 0.2) is 0 Å². The summed E-state index contributed by atoms with van der Waals surface area (Å²) in [6.07, 6.45) is 0. The lowest BCUT2D eigenvalue weighted by molar-refractivity contribution is 0.0802. The molecule has 3 aromatic carbocycles. The number of pyridine rings is 1. The molecule has 1 N–H and O–H groups in total. The maximum Gasteiger partial charge on any atom is 0.0846 e. The van der Waals surface area contributed by atoms with Crippen LogP contribution in [0.25, 0.3) is 32.9 Å². The molecule has 1 aromatic heterocycles. The molecule has 2 heteroatoms. The number of benzene rings is 3. The minimum Gasteiger partial charge on any atom is -0.386 e. The van der Waals surface area contributed by atoms with Gasteiger partial charge in [-0.25, -0.2) is 4.98 Å². The van der Waals surface area contributed by atoms with Crippen LogP contribution in [0.2, 0.25) is 0 Å². The number of aromatic nitrogens is 1. The molecule has 0 aliphatic carbocycles. The van der Waals surface area contributed by atoms with Crippen LogP contribution in [-0.4, -0.2) is 10.1 Å². The van der Waals surface area contributed by atoms with Crippen molar-refractivity contribution in [3.8, 4) is 11.3 Å². The van der Waals surface area contributed by atoms with Crippen molar-refractivity contribution >= 4 is 21.7 Å². The van der Waals surface area contributed by atoms with E-state index in [-0.39, 0.29) is 0 Å². The molecule has 0 atom stereocenters. The molecule has 27 heavy (non-hydrogen) atoms. The Labute approximate surface area is 160 Å². The summed E-state index contributed by atoms with van der Waals surface area (Å²) >= 11 is 0. The van der Waals surface area contributed by atoms with Gasteiger partial charge in [0, 0.05) is 10.9 Å². The summed E-state index contributed by atoms with van der Waals surface area (Å²) in [6.45, 7) is 8.09. The van der Waals surface area contributed by atoms with Gasteiger partial charge in [-0.1, -0.05) is 68.4 Å². The van der Waals surface area contributed by atoms with E-state index in [1.165, 1.54) is 10.9 Å². The number of aliphatic hydroxyl groups is 1. The molecule has 0 amide bonds. The minimum absolute atomic E-state index is 0.459. The largest absolute Gasteiger partial charge is 0.386 e. The zero-order valence-electron chi connectivity index (χ0n) is 16.3. The summed E-state index contributed by atoms with van der Waals surface area (Å²) < 4.78 is 0. The van der Waals surface area contributed by atoms with E-state index in [0.29, 0.717) is 5.92 Å². The van der Waals surface area contributed by atoms with Crippen LogP contribution in [0.15, 0.2) is 66.7 Å². The maximum absolute atomic E-state index is 10.7. The van der Waals surface area contributed by atoms with Crippen molar-refractivity contribution in [2.75, 3.05) is 0 Å². The molecule has 0 aliphatic heterocycles. The predicted octanol–water partition coefficient (Wildman–Crippen LogP) is 6.41. The molecular weight excluding hydrogens is 330 g/mol. The molecule has 2 nitrogen and oxygen atoms in total. The highest BCUT2D eigenvalue weighted by Gasteiger charge is 2.21. The highest BCUT2D eigenvalue weighted by atomic mass is 16.3. The summed E-state index contributed by atoms with van der Waals surface area (Å²) in [6, 6.07) is 23.0. The Morgan fingerprint density at radius 1 is 0.852 bits per heavy atom. The molecule has 0 saturated carbocycles. The van der Waals surface area contributed by atoms with Crippen molar-refractivity contribution in [1.82, 2.24) is 4.98 Å². The number of rotatable bonds is 3. The smallest absolute Gasteiger partial charge is 0.0846 e. The van der Waals surface area contributed by atoms with Gasteiger partial charge in [0.1, 0.15) is 0 Å². The SMILES string of the molecule is CC(C)c1cccc2nc(-c3cccc4cccc(C(C)(C)O)c34)ccc12. The van der Waals surface area contributed by atoms with Gasteiger partial charge in [0.2, 0.25) is 0 Å². The third-order valence-corrected chi connectivity index (χ3v) is 5.23. The number of hydrogen-bond acceptors (Lipinski definition) is 2. The lowest BCUT2D eigenvalue weighted by Gasteiger charge is -2.22. The molecule has 0 radical (unpaired) electrons. The summed E-state index contributed by atoms with van der Waals surface area (Å²) in [5.74, 6) is 0.459. The Kier molecular flexibility index (Phi) is 4.24. The third kappa shape index (κ3) is 3.11. The summed E-state index contributed by atoms with van der Waals surface area (Å²) in [4.78, 5) is 4.98. The topological polar surface area (TPSA) is 33.1 Å². The Morgan fingerprint density at radius 3 is 2.26 bits per heavy atom. The molecule has 0 unspecified atom stereocenters. The molecular formula is C25H25NO. The second kappa shape index (κ2) is 6.47. The standard InChI is InChI=1S/C25H25NO/c1-16(2)18-10-7-13-22-19(18)14-15-23(26-22)20-11-5-8-17-9-6-12-21(24(17)20)25(3,4)27/h5-16,27H,1-4H3. The normalized spacial score (nSPS) is 12.2. The molecule has 0 fully saturated rings. The van der Waals surface area contributed by atoms with Gasteiger partial charge < -0.3 is 5.11 Å². The van der Waals surface area contributed by atoms with Crippen molar-refractivity contribution in [1.29, 1.82) is 0 Å². The average Bonchev–Trinajstić information content (AvgIpc) is 2.65. The van der Waals surface area contributed by atoms with E-state index >= 15 is 0 Å². The summed E-state index contributed by atoms with van der Waals surface area (Å²) in [7, 11) is 0. The second-order valence-corrected chi connectivity index (χ2v) is 8.03. The lowest BCUT2D eigenvalue weighted by Crippen LogP contribution is -2.16. The zero-order valence-corrected chi connectivity index (χ0v) is 16.3. The first kappa shape index (κ1) is 17.7. The van der Waals surface area contributed by atoms with Crippen LogP contribution in [0.3, 0.4) is 0 Å². The lowest BCUT2D eigenvalue weighted by atomic mass is 9.89. The maximum atomic E-state index is 10.7. The van der Waals surface area contributed by atoms with Gasteiger partial charge in [0.05, 0.1) is 16.8 Å². The zero-order chi connectivity index (χ0) is 19.2. The van der Waals surface area contributed by atoms with Crippen LogP contribution in [0.5, 0.6) is 0 Å². The quantitative estimate of drug-likeness (QED) is 0.461. The van der Waals surface area contributed by atoms with E-state index in [4.69, 9.17) is 4.98 Å². The molecule has 0 aliphatic rings. The Balaban J connectivity index is 2.00. The Hall–Kier alpha value is -2.71. The first-order valence-electron chi connectivity index (χ1n) is 9.51. The number of fused-ring (bicyclic) bond motifs is 2. The van der Waals surface area contributed by atoms with Crippen molar-refractivity contribution in [2.24, 2.45) is 0 Å². The fraction of sp³-hybridized carbons (Fsp3) is 0.240. The van der Waals surface area contributed by atoms with E-state index in [1.54, 1.807) is 0 Å². The molecule has 1 heterocycles. The van der Waals surface area contributed by atoms with Gasteiger partial charge >= 0.3 is 0 Å². The third-order valence-electron chi connectivity index (χ3n) is 5.23. The van der Waals surface area contributed by atoms with E-state index in [0.717, 1.165) is 33.1 Å². The van der Waals surface area contributed by atoms with Crippen LogP contribution in [0, 0.1) is 0 Å². The van der Waals surface area contributed by atoms with Crippen molar-refractivity contribution < 1.29 is 5.11 Å². The number of hydrogen-bond donors (Lipinski definition) is 1. The van der Waals surface area contributed by atoms with Crippen LogP contribution in [0.1, 0.15) is 44.7 Å². The van der Waals surface area contributed by atoms with Crippen LogP contribution < -0.4 is 0 Å². The molecule has 0 spiro atoms.